The predicted octanol–water partition coefficient (Wildman–Crippen LogP) is 3.26. The summed E-state index contributed by atoms with van der Waals surface area (Å²) >= 11 is 0. The number of carbonyl (C=O) groups is 1. The number of anilines is 1. The minimum atomic E-state index is -0.532. The minimum Gasteiger partial charge on any atom is -0.322 e. The van der Waals surface area contributed by atoms with E-state index >= 15 is 0 Å². The van der Waals surface area contributed by atoms with Gasteiger partial charge in [-0.15, -0.1) is 0 Å². The van der Waals surface area contributed by atoms with Crippen LogP contribution in [0, 0.1) is 12.7 Å². The van der Waals surface area contributed by atoms with Gasteiger partial charge in [-0.05, 0) is 37.3 Å². The van der Waals surface area contributed by atoms with Crippen LogP contribution in [0.15, 0.2) is 42.6 Å². The number of hydrogen-bond donors (Lipinski definition) is 2. The molecule has 100 valence electrons. The lowest BCUT2D eigenvalue weighted by Crippen LogP contribution is -2.13. The zero-order valence-electron chi connectivity index (χ0n) is 10.8. The lowest BCUT2D eigenvalue weighted by Gasteiger charge is -2.07. The number of halogens is 1. The first-order chi connectivity index (χ1) is 9.63. The number of H-pyrrole nitrogens is 1. The monoisotopic (exact) mass is 269 g/mol. The number of carbonyl (C=O) groups excluding carboxylic acids is 1. The van der Waals surface area contributed by atoms with E-state index in [-0.39, 0.29) is 5.56 Å². The van der Waals surface area contributed by atoms with Gasteiger partial charge in [0.1, 0.15) is 5.82 Å². The molecule has 1 amide bonds. The molecule has 20 heavy (non-hydrogen) atoms. The van der Waals surface area contributed by atoms with E-state index in [1.54, 1.807) is 24.4 Å². The Kier molecular flexibility index (Phi) is 2.95. The van der Waals surface area contributed by atoms with Crippen LogP contribution in [0.4, 0.5) is 10.1 Å². The third kappa shape index (κ3) is 2.25. The Labute approximate surface area is 114 Å². The average Bonchev–Trinajstić information content (AvgIpc) is 2.89. The lowest BCUT2D eigenvalue weighted by molar-refractivity contribution is 0.102. The number of benzene rings is 2. The summed E-state index contributed by atoms with van der Waals surface area (Å²) in [6.07, 6.45) is 1.70. The topological polar surface area (TPSA) is 57.8 Å². The van der Waals surface area contributed by atoms with Crippen LogP contribution in [0.5, 0.6) is 0 Å². The maximum Gasteiger partial charge on any atom is 0.258 e. The lowest BCUT2D eigenvalue weighted by atomic mass is 10.1. The molecule has 0 saturated heterocycles. The summed E-state index contributed by atoms with van der Waals surface area (Å²) in [6.45, 7) is 1.81. The molecule has 2 aromatic carbocycles. The zero-order valence-corrected chi connectivity index (χ0v) is 10.8. The van der Waals surface area contributed by atoms with Gasteiger partial charge >= 0.3 is 0 Å². The van der Waals surface area contributed by atoms with Gasteiger partial charge in [0, 0.05) is 11.1 Å². The van der Waals surface area contributed by atoms with E-state index in [1.807, 2.05) is 13.0 Å². The summed E-state index contributed by atoms with van der Waals surface area (Å²) in [5, 5.41) is 10.4. The van der Waals surface area contributed by atoms with Gasteiger partial charge in [0.25, 0.3) is 5.91 Å². The number of hydrogen-bond acceptors (Lipinski definition) is 2. The third-order valence-electron chi connectivity index (χ3n) is 3.07. The second-order valence-electron chi connectivity index (χ2n) is 4.61. The van der Waals surface area contributed by atoms with Crippen molar-refractivity contribution in [2.45, 2.75) is 6.92 Å². The third-order valence-corrected chi connectivity index (χ3v) is 3.07. The molecule has 0 aliphatic heterocycles. The molecule has 0 atom stereocenters. The van der Waals surface area contributed by atoms with E-state index in [0.29, 0.717) is 5.69 Å². The van der Waals surface area contributed by atoms with Gasteiger partial charge in [-0.25, -0.2) is 4.39 Å². The van der Waals surface area contributed by atoms with Crippen molar-refractivity contribution in [1.82, 2.24) is 10.2 Å². The van der Waals surface area contributed by atoms with Gasteiger partial charge in [0.15, 0.2) is 0 Å². The van der Waals surface area contributed by atoms with E-state index in [9.17, 15) is 9.18 Å². The van der Waals surface area contributed by atoms with Gasteiger partial charge < -0.3 is 5.32 Å². The van der Waals surface area contributed by atoms with Crippen LogP contribution in [0.25, 0.3) is 10.9 Å². The zero-order chi connectivity index (χ0) is 14.1. The molecule has 5 heteroatoms. The first-order valence-corrected chi connectivity index (χ1v) is 6.14. The van der Waals surface area contributed by atoms with Gasteiger partial charge in [-0.1, -0.05) is 11.6 Å². The molecule has 4 nitrogen and oxygen atoms in total. The van der Waals surface area contributed by atoms with Gasteiger partial charge in [-0.3, -0.25) is 9.89 Å². The van der Waals surface area contributed by atoms with E-state index in [4.69, 9.17) is 0 Å². The van der Waals surface area contributed by atoms with Gasteiger partial charge in [0.05, 0.1) is 17.3 Å². The summed E-state index contributed by atoms with van der Waals surface area (Å²) in [5.74, 6) is -0.999. The van der Waals surface area contributed by atoms with Gasteiger partial charge in [0.2, 0.25) is 0 Å². The molecule has 3 aromatic rings. The van der Waals surface area contributed by atoms with Gasteiger partial charge in [-0.2, -0.15) is 5.10 Å². The maximum absolute atomic E-state index is 13.6. The molecule has 0 unspecified atom stereocenters. The van der Waals surface area contributed by atoms with Crippen molar-refractivity contribution in [3.05, 3.63) is 59.5 Å². The fraction of sp³-hybridized carbons (Fsp3) is 0.0667. The van der Waals surface area contributed by atoms with Crippen molar-refractivity contribution < 1.29 is 9.18 Å². The fourth-order valence-corrected chi connectivity index (χ4v) is 2.03. The molecule has 0 bridgehead atoms. The Morgan fingerprint density at radius 3 is 2.95 bits per heavy atom. The number of amides is 1. The summed E-state index contributed by atoms with van der Waals surface area (Å²) in [4.78, 5) is 12.1. The highest BCUT2D eigenvalue weighted by Crippen LogP contribution is 2.18. The second kappa shape index (κ2) is 4.77. The van der Waals surface area contributed by atoms with Crippen molar-refractivity contribution in [2.75, 3.05) is 5.32 Å². The summed E-state index contributed by atoms with van der Waals surface area (Å²) in [5.41, 5.74) is 2.27. The molecular formula is C15H12FN3O. The quantitative estimate of drug-likeness (QED) is 0.750. The van der Waals surface area contributed by atoms with Crippen LogP contribution in [0.3, 0.4) is 0 Å². The van der Waals surface area contributed by atoms with Crippen LogP contribution >= 0.6 is 0 Å². The van der Waals surface area contributed by atoms with Crippen LogP contribution in [0.1, 0.15) is 15.9 Å². The minimum absolute atomic E-state index is 0.0368. The largest absolute Gasteiger partial charge is 0.322 e. The Hall–Kier alpha value is -2.69. The molecule has 3 rings (SSSR count). The Bertz CT molecular complexity index is 795. The number of fused-ring (bicyclic) bond motifs is 1. The van der Waals surface area contributed by atoms with Crippen molar-refractivity contribution in [1.29, 1.82) is 0 Å². The molecule has 0 radical (unpaired) electrons. The van der Waals surface area contributed by atoms with E-state index in [2.05, 4.69) is 15.5 Å². The second-order valence-corrected chi connectivity index (χ2v) is 4.61. The number of nitrogens with one attached hydrogen (secondary N) is 2. The maximum atomic E-state index is 13.6. The van der Waals surface area contributed by atoms with Crippen molar-refractivity contribution >= 4 is 22.5 Å². The van der Waals surface area contributed by atoms with E-state index < -0.39 is 11.7 Å². The highest BCUT2D eigenvalue weighted by molar-refractivity contribution is 6.05. The molecule has 0 spiro atoms. The molecule has 1 aromatic heterocycles. The van der Waals surface area contributed by atoms with Crippen LogP contribution in [-0.4, -0.2) is 16.1 Å². The smallest absolute Gasteiger partial charge is 0.258 e. The Morgan fingerprint density at radius 1 is 1.25 bits per heavy atom. The predicted molar refractivity (Wildman–Crippen MR) is 75.2 cm³/mol. The Morgan fingerprint density at radius 2 is 2.10 bits per heavy atom. The molecule has 0 aliphatic rings. The molecule has 1 heterocycles. The number of nitrogens with zero attached hydrogens (tertiary/aromatic N) is 1. The normalized spacial score (nSPS) is 10.7. The number of aromatic nitrogens is 2. The first-order valence-electron chi connectivity index (χ1n) is 6.14. The summed E-state index contributed by atoms with van der Waals surface area (Å²) < 4.78 is 13.6. The highest BCUT2D eigenvalue weighted by Gasteiger charge is 2.12. The first kappa shape index (κ1) is 12.3. The number of rotatable bonds is 2. The SMILES string of the molecule is Cc1ccc(F)c(C(=O)Nc2ccc3cn[nH]c3c2)c1. The number of aryl methyl sites for hydroxylation is 1. The fourth-order valence-electron chi connectivity index (χ4n) is 2.03. The summed E-state index contributed by atoms with van der Waals surface area (Å²) in [7, 11) is 0. The molecule has 2 N–H and O–H groups in total. The van der Waals surface area contributed by atoms with E-state index in [1.165, 1.54) is 12.1 Å². The molecule has 0 saturated carbocycles. The highest BCUT2D eigenvalue weighted by atomic mass is 19.1. The molecule has 0 aliphatic carbocycles. The molecular weight excluding hydrogens is 257 g/mol. The van der Waals surface area contributed by atoms with Crippen molar-refractivity contribution in [2.24, 2.45) is 0 Å². The Balaban J connectivity index is 1.89. The average molecular weight is 269 g/mol. The van der Waals surface area contributed by atoms with Crippen LogP contribution in [0.2, 0.25) is 0 Å². The standard InChI is InChI=1S/C15H12FN3O/c1-9-2-5-13(16)12(6-9)15(20)18-11-4-3-10-8-17-19-14(10)7-11/h2-8H,1H3,(H,17,19)(H,18,20). The molecule has 0 fully saturated rings. The van der Waals surface area contributed by atoms with Crippen LogP contribution in [-0.2, 0) is 0 Å². The number of aromatic amines is 1. The van der Waals surface area contributed by atoms with Crippen molar-refractivity contribution in [3.8, 4) is 0 Å². The van der Waals surface area contributed by atoms with Crippen molar-refractivity contribution in [3.63, 3.8) is 0 Å². The van der Waals surface area contributed by atoms with Crippen LogP contribution < -0.4 is 5.32 Å². The van der Waals surface area contributed by atoms with E-state index in [0.717, 1.165) is 16.5 Å². The summed E-state index contributed by atoms with van der Waals surface area (Å²) in [6, 6.07) is 9.79.